The Labute approximate surface area is 127 Å². The Hall–Kier alpha value is -1.77. The van der Waals surface area contributed by atoms with E-state index in [9.17, 15) is 9.18 Å². The van der Waals surface area contributed by atoms with E-state index in [2.05, 4.69) is 36.1 Å². The second kappa shape index (κ2) is 5.21. The van der Waals surface area contributed by atoms with Crippen LogP contribution in [0.25, 0.3) is 16.9 Å². The Kier molecular flexibility index (Phi) is 3.52. The minimum Gasteiger partial charge on any atom is -0.327 e. The standard InChI is InChI=1S/C12H14BrFN6O/c1-6(14)4-3-5-19-9-8(15-11(13)16-9)10(21)20-7(2)17-18-12(19)20/h6H,3-5H2,1-2H3,(H,15,16). The smallest absolute Gasteiger partial charge is 0.286 e. The Morgan fingerprint density at radius 2 is 2.19 bits per heavy atom. The molecule has 0 saturated heterocycles. The molecule has 0 aliphatic carbocycles. The molecule has 3 rings (SSSR count). The second-order valence-corrected chi connectivity index (χ2v) is 5.74. The zero-order chi connectivity index (χ0) is 15.1. The molecule has 0 bridgehead atoms. The van der Waals surface area contributed by atoms with E-state index in [1.54, 1.807) is 11.5 Å². The maximum Gasteiger partial charge on any atom is 0.286 e. The molecular formula is C12H14BrFN6O. The predicted molar refractivity (Wildman–Crippen MR) is 79.1 cm³/mol. The number of nitrogens with one attached hydrogen (secondary N) is 1. The lowest BCUT2D eigenvalue weighted by Crippen LogP contribution is -2.20. The normalized spacial score (nSPS) is 13.3. The van der Waals surface area contributed by atoms with Gasteiger partial charge in [0.1, 0.15) is 5.82 Å². The van der Waals surface area contributed by atoms with Crippen molar-refractivity contribution in [3.05, 3.63) is 20.9 Å². The van der Waals surface area contributed by atoms with Crippen LogP contribution in [0.1, 0.15) is 25.6 Å². The lowest BCUT2D eigenvalue weighted by molar-refractivity contribution is 0.328. The van der Waals surface area contributed by atoms with Gasteiger partial charge in [-0.3, -0.25) is 9.36 Å². The third-order valence-electron chi connectivity index (χ3n) is 3.36. The lowest BCUT2D eigenvalue weighted by atomic mass is 10.2. The number of H-pyrrole nitrogens is 1. The van der Waals surface area contributed by atoms with Crippen LogP contribution in [0, 0.1) is 6.92 Å². The number of halogens is 2. The molecule has 3 aromatic heterocycles. The van der Waals surface area contributed by atoms with Crippen molar-refractivity contribution in [1.29, 1.82) is 0 Å². The van der Waals surface area contributed by atoms with Crippen molar-refractivity contribution in [3.63, 3.8) is 0 Å². The molecule has 9 heteroatoms. The second-order valence-electron chi connectivity index (χ2n) is 4.99. The molecule has 7 nitrogen and oxygen atoms in total. The number of fused-ring (bicyclic) bond motifs is 2. The summed E-state index contributed by atoms with van der Waals surface area (Å²) in [5.41, 5.74) is 0.639. The molecule has 0 radical (unpaired) electrons. The van der Waals surface area contributed by atoms with Gasteiger partial charge in [0.15, 0.2) is 15.9 Å². The van der Waals surface area contributed by atoms with Crippen LogP contribution in [0.2, 0.25) is 0 Å². The van der Waals surface area contributed by atoms with Crippen LogP contribution in [-0.4, -0.2) is 35.3 Å². The monoisotopic (exact) mass is 356 g/mol. The van der Waals surface area contributed by atoms with Gasteiger partial charge in [0.2, 0.25) is 5.78 Å². The van der Waals surface area contributed by atoms with Crippen molar-refractivity contribution in [2.75, 3.05) is 0 Å². The average Bonchev–Trinajstić information content (AvgIpc) is 2.97. The van der Waals surface area contributed by atoms with E-state index >= 15 is 0 Å². The number of hydrogen-bond donors (Lipinski definition) is 1. The van der Waals surface area contributed by atoms with Gasteiger partial charge in [0.25, 0.3) is 5.56 Å². The van der Waals surface area contributed by atoms with Crippen molar-refractivity contribution in [1.82, 2.24) is 29.1 Å². The molecule has 0 aliphatic rings. The van der Waals surface area contributed by atoms with Crippen molar-refractivity contribution in [3.8, 4) is 0 Å². The summed E-state index contributed by atoms with van der Waals surface area (Å²) in [6, 6.07) is 0. The van der Waals surface area contributed by atoms with Crippen LogP contribution in [-0.2, 0) is 6.54 Å². The molecule has 0 aliphatic heterocycles. The van der Waals surface area contributed by atoms with Gasteiger partial charge >= 0.3 is 0 Å². The molecule has 3 aromatic rings. The third kappa shape index (κ3) is 2.35. The topological polar surface area (TPSA) is 80.9 Å². The number of rotatable bonds is 4. The van der Waals surface area contributed by atoms with Gasteiger partial charge in [0.05, 0.1) is 6.17 Å². The molecule has 112 valence electrons. The fraction of sp³-hybridized carbons (Fsp3) is 0.500. The number of alkyl halides is 1. The number of hydrogen-bond acceptors (Lipinski definition) is 4. The highest BCUT2D eigenvalue weighted by molar-refractivity contribution is 9.10. The first kappa shape index (κ1) is 14.2. The summed E-state index contributed by atoms with van der Waals surface area (Å²) < 4.78 is 16.7. The molecule has 0 amide bonds. The summed E-state index contributed by atoms with van der Waals surface area (Å²) in [6.07, 6.45) is 0.210. The van der Waals surface area contributed by atoms with E-state index in [0.717, 1.165) is 0 Å². The highest BCUT2D eigenvalue weighted by atomic mass is 79.9. The number of nitrogens with zero attached hydrogens (tertiary/aromatic N) is 5. The lowest BCUT2D eigenvalue weighted by Gasteiger charge is -2.09. The summed E-state index contributed by atoms with van der Waals surface area (Å²) in [5.74, 6) is 0.936. The maximum atomic E-state index is 13.0. The number of aromatic amines is 1. The van der Waals surface area contributed by atoms with Crippen LogP contribution < -0.4 is 5.56 Å². The zero-order valence-corrected chi connectivity index (χ0v) is 13.2. The summed E-state index contributed by atoms with van der Waals surface area (Å²) in [7, 11) is 0. The first-order valence-corrected chi connectivity index (χ1v) is 7.42. The SMILES string of the molecule is Cc1nnc2n(CCCC(C)F)c3nc(Br)[nH]c3c(=O)n12. The van der Waals surface area contributed by atoms with Gasteiger partial charge in [-0.05, 0) is 42.6 Å². The highest BCUT2D eigenvalue weighted by Gasteiger charge is 2.17. The first-order chi connectivity index (χ1) is 9.99. The largest absolute Gasteiger partial charge is 0.327 e. The van der Waals surface area contributed by atoms with Crippen molar-refractivity contribution in [2.24, 2.45) is 0 Å². The molecule has 0 aromatic carbocycles. The molecule has 1 atom stereocenters. The molecule has 0 saturated carbocycles. The van der Waals surface area contributed by atoms with Crippen LogP contribution in [0.5, 0.6) is 0 Å². The van der Waals surface area contributed by atoms with E-state index in [1.807, 2.05) is 0 Å². The minimum atomic E-state index is -0.860. The quantitative estimate of drug-likeness (QED) is 0.724. The van der Waals surface area contributed by atoms with Gasteiger partial charge in [-0.2, -0.15) is 0 Å². The number of aromatic nitrogens is 6. The fourth-order valence-electron chi connectivity index (χ4n) is 2.39. The average molecular weight is 357 g/mol. The van der Waals surface area contributed by atoms with Gasteiger partial charge in [-0.25, -0.2) is 13.8 Å². The Morgan fingerprint density at radius 1 is 1.43 bits per heavy atom. The molecule has 1 unspecified atom stereocenters. The van der Waals surface area contributed by atoms with Gasteiger partial charge in [-0.1, -0.05) is 0 Å². The van der Waals surface area contributed by atoms with Crippen LogP contribution >= 0.6 is 15.9 Å². The number of imidazole rings is 1. The highest BCUT2D eigenvalue weighted by Crippen LogP contribution is 2.16. The van der Waals surface area contributed by atoms with Crippen LogP contribution in [0.3, 0.4) is 0 Å². The van der Waals surface area contributed by atoms with Gasteiger partial charge < -0.3 is 4.98 Å². The molecule has 1 N–H and O–H groups in total. The van der Waals surface area contributed by atoms with E-state index < -0.39 is 6.17 Å². The Balaban J connectivity index is 2.22. The van der Waals surface area contributed by atoms with Gasteiger partial charge in [0, 0.05) is 6.54 Å². The van der Waals surface area contributed by atoms with Crippen molar-refractivity contribution < 1.29 is 4.39 Å². The molecule has 3 heterocycles. The van der Waals surface area contributed by atoms with Crippen molar-refractivity contribution in [2.45, 2.75) is 39.4 Å². The van der Waals surface area contributed by atoms with Crippen LogP contribution in [0.15, 0.2) is 9.53 Å². The third-order valence-corrected chi connectivity index (χ3v) is 3.74. The summed E-state index contributed by atoms with van der Waals surface area (Å²) in [4.78, 5) is 19.6. The number of aryl methyl sites for hydroxylation is 2. The molecular weight excluding hydrogens is 343 g/mol. The maximum absolute atomic E-state index is 13.0. The summed E-state index contributed by atoms with van der Waals surface area (Å²) in [5, 5.41) is 8.00. The van der Waals surface area contributed by atoms with E-state index in [-0.39, 0.29) is 5.56 Å². The first-order valence-electron chi connectivity index (χ1n) is 6.63. The Bertz CT molecular complexity index is 860. The van der Waals surface area contributed by atoms with E-state index in [1.165, 1.54) is 11.3 Å². The van der Waals surface area contributed by atoms with E-state index in [4.69, 9.17) is 0 Å². The van der Waals surface area contributed by atoms with Gasteiger partial charge in [-0.15, -0.1) is 10.2 Å². The van der Waals surface area contributed by atoms with Crippen molar-refractivity contribution >= 4 is 32.9 Å². The van der Waals surface area contributed by atoms with E-state index in [0.29, 0.717) is 46.9 Å². The summed E-state index contributed by atoms with van der Waals surface area (Å²) in [6.45, 7) is 3.76. The zero-order valence-electron chi connectivity index (χ0n) is 11.6. The molecule has 0 fully saturated rings. The summed E-state index contributed by atoms with van der Waals surface area (Å²) >= 11 is 3.24. The molecule has 21 heavy (non-hydrogen) atoms. The van der Waals surface area contributed by atoms with Crippen LogP contribution in [0.4, 0.5) is 4.39 Å². The Morgan fingerprint density at radius 3 is 2.90 bits per heavy atom. The predicted octanol–water partition coefficient (Wildman–Crippen LogP) is 1.98. The minimum absolute atomic E-state index is 0.240. The fourth-order valence-corrected chi connectivity index (χ4v) is 2.75. The molecule has 0 spiro atoms.